The van der Waals surface area contributed by atoms with Gasteiger partial charge < -0.3 is 14.7 Å². The third-order valence-electron chi connectivity index (χ3n) is 3.75. The monoisotopic (exact) mass is 255 g/mol. The van der Waals surface area contributed by atoms with Gasteiger partial charge in [-0.05, 0) is 40.0 Å². The fourth-order valence-electron chi connectivity index (χ4n) is 2.79. The number of carboxylic acid groups (broad SMARTS) is 1. The molecule has 102 valence electrons. The van der Waals surface area contributed by atoms with Crippen molar-refractivity contribution in [3.63, 3.8) is 0 Å². The number of hydrogen-bond donors (Lipinski definition) is 1. The lowest BCUT2D eigenvalue weighted by atomic mass is 9.92. The quantitative estimate of drug-likeness (QED) is 0.779. The molecule has 0 bridgehead atoms. The van der Waals surface area contributed by atoms with Gasteiger partial charge in [-0.3, -0.25) is 4.79 Å². The number of aliphatic carboxylic acids is 1. The summed E-state index contributed by atoms with van der Waals surface area (Å²) in [5.74, 6) is -1.01. The maximum Gasteiger partial charge on any atom is 0.410 e. The van der Waals surface area contributed by atoms with Crippen molar-refractivity contribution in [2.45, 2.75) is 45.6 Å². The smallest absolute Gasteiger partial charge is 0.410 e. The summed E-state index contributed by atoms with van der Waals surface area (Å²) < 4.78 is 5.33. The van der Waals surface area contributed by atoms with Crippen LogP contribution in [0.4, 0.5) is 4.79 Å². The van der Waals surface area contributed by atoms with Gasteiger partial charge in [0.2, 0.25) is 0 Å². The Balaban J connectivity index is 1.96. The van der Waals surface area contributed by atoms with Crippen LogP contribution < -0.4 is 0 Å². The van der Waals surface area contributed by atoms with E-state index in [1.54, 1.807) is 4.90 Å². The van der Waals surface area contributed by atoms with Crippen LogP contribution in [0.2, 0.25) is 0 Å². The molecule has 1 saturated carbocycles. The summed E-state index contributed by atoms with van der Waals surface area (Å²) in [4.78, 5) is 24.6. The van der Waals surface area contributed by atoms with E-state index in [4.69, 9.17) is 9.84 Å². The standard InChI is InChI=1S/C13H21NO4/c1-12(2,3)18-11(17)14-6-4-5-13(8-14)7-9(13)10(15)16/h9H,4-8H2,1-3H3,(H,15,16)/t9-,13-/m1/s1. The van der Waals surface area contributed by atoms with E-state index in [0.29, 0.717) is 19.5 Å². The molecular formula is C13H21NO4. The molecule has 0 aromatic rings. The Morgan fingerprint density at radius 2 is 2.06 bits per heavy atom. The van der Waals surface area contributed by atoms with Crippen molar-refractivity contribution in [3.8, 4) is 0 Å². The molecule has 2 atom stereocenters. The third kappa shape index (κ3) is 2.60. The maximum atomic E-state index is 12.0. The average Bonchev–Trinajstić information content (AvgIpc) is 2.90. The molecule has 2 rings (SSSR count). The summed E-state index contributed by atoms with van der Waals surface area (Å²) in [5, 5.41) is 9.05. The van der Waals surface area contributed by atoms with E-state index in [0.717, 1.165) is 12.8 Å². The normalized spacial score (nSPS) is 31.3. The zero-order valence-corrected chi connectivity index (χ0v) is 11.2. The molecule has 0 radical (unpaired) electrons. The maximum absolute atomic E-state index is 12.0. The van der Waals surface area contributed by atoms with Gasteiger partial charge in [-0.15, -0.1) is 0 Å². The van der Waals surface area contributed by atoms with Gasteiger partial charge >= 0.3 is 12.1 Å². The minimum Gasteiger partial charge on any atom is -0.481 e. The fraction of sp³-hybridized carbons (Fsp3) is 0.846. The van der Waals surface area contributed by atoms with Crippen LogP contribution in [0.25, 0.3) is 0 Å². The molecule has 1 heterocycles. The zero-order chi connectivity index (χ0) is 13.6. The Morgan fingerprint density at radius 1 is 1.39 bits per heavy atom. The molecule has 2 aliphatic rings. The summed E-state index contributed by atoms with van der Waals surface area (Å²) in [7, 11) is 0. The van der Waals surface area contributed by atoms with Crippen molar-refractivity contribution >= 4 is 12.1 Å². The number of nitrogens with zero attached hydrogens (tertiary/aromatic N) is 1. The molecule has 1 aliphatic heterocycles. The second-order valence-corrected chi connectivity index (χ2v) is 6.46. The minimum atomic E-state index is -0.735. The Labute approximate surface area is 107 Å². The number of hydrogen-bond acceptors (Lipinski definition) is 3. The van der Waals surface area contributed by atoms with Crippen LogP contribution in [0, 0.1) is 11.3 Å². The molecule has 5 heteroatoms. The first-order valence-corrected chi connectivity index (χ1v) is 6.44. The third-order valence-corrected chi connectivity index (χ3v) is 3.75. The Hall–Kier alpha value is -1.26. The molecule has 0 aromatic heterocycles. The number of rotatable bonds is 1. The molecule has 0 aromatic carbocycles. The SMILES string of the molecule is CC(C)(C)OC(=O)N1CCC[C@@]2(C[C@@H]2C(=O)O)C1. The first kappa shape index (κ1) is 13.2. The molecule has 18 heavy (non-hydrogen) atoms. The highest BCUT2D eigenvalue weighted by Gasteiger charge is 2.60. The summed E-state index contributed by atoms with van der Waals surface area (Å²) in [6.07, 6.45) is 2.14. The lowest BCUT2D eigenvalue weighted by Gasteiger charge is -2.34. The number of piperidine rings is 1. The van der Waals surface area contributed by atoms with Crippen LogP contribution in [0.15, 0.2) is 0 Å². The number of likely N-dealkylation sites (tertiary alicyclic amines) is 1. The van der Waals surface area contributed by atoms with Crippen molar-refractivity contribution in [1.29, 1.82) is 0 Å². The fourth-order valence-corrected chi connectivity index (χ4v) is 2.79. The number of carbonyl (C=O) groups excluding carboxylic acids is 1. The first-order chi connectivity index (χ1) is 8.23. The van der Waals surface area contributed by atoms with Crippen LogP contribution in [0.3, 0.4) is 0 Å². The Kier molecular flexibility index (Phi) is 3.03. The van der Waals surface area contributed by atoms with E-state index in [1.807, 2.05) is 20.8 Å². The molecule has 5 nitrogen and oxygen atoms in total. The van der Waals surface area contributed by atoms with E-state index < -0.39 is 11.6 Å². The van der Waals surface area contributed by atoms with Gasteiger partial charge in [0, 0.05) is 18.5 Å². The van der Waals surface area contributed by atoms with Crippen molar-refractivity contribution in [1.82, 2.24) is 4.90 Å². The van der Waals surface area contributed by atoms with E-state index in [-0.39, 0.29) is 17.4 Å². The summed E-state index contributed by atoms with van der Waals surface area (Å²) in [6, 6.07) is 0. The Bertz CT molecular complexity index is 374. The van der Waals surface area contributed by atoms with Crippen LogP contribution in [-0.4, -0.2) is 40.8 Å². The second-order valence-electron chi connectivity index (χ2n) is 6.46. The average molecular weight is 255 g/mol. The molecule has 1 aliphatic carbocycles. The lowest BCUT2D eigenvalue weighted by Crippen LogP contribution is -2.44. The largest absolute Gasteiger partial charge is 0.481 e. The number of carboxylic acids is 1. The van der Waals surface area contributed by atoms with Gasteiger partial charge in [-0.2, -0.15) is 0 Å². The summed E-state index contributed by atoms with van der Waals surface area (Å²) >= 11 is 0. The van der Waals surface area contributed by atoms with Crippen LogP contribution in [-0.2, 0) is 9.53 Å². The van der Waals surface area contributed by atoms with Gasteiger partial charge in [-0.1, -0.05) is 0 Å². The molecule has 0 unspecified atom stereocenters. The molecule has 1 saturated heterocycles. The number of carbonyl (C=O) groups is 2. The molecule has 1 amide bonds. The highest BCUT2D eigenvalue weighted by atomic mass is 16.6. The molecular weight excluding hydrogens is 234 g/mol. The molecule has 2 fully saturated rings. The van der Waals surface area contributed by atoms with E-state index in [1.165, 1.54) is 0 Å². The first-order valence-electron chi connectivity index (χ1n) is 6.44. The van der Waals surface area contributed by atoms with Gasteiger partial charge in [0.1, 0.15) is 5.60 Å². The van der Waals surface area contributed by atoms with Crippen molar-refractivity contribution in [2.24, 2.45) is 11.3 Å². The van der Waals surface area contributed by atoms with Gasteiger partial charge in [0.05, 0.1) is 5.92 Å². The Morgan fingerprint density at radius 3 is 2.56 bits per heavy atom. The second kappa shape index (κ2) is 4.14. The predicted molar refractivity (Wildman–Crippen MR) is 65.2 cm³/mol. The topological polar surface area (TPSA) is 66.8 Å². The highest BCUT2D eigenvalue weighted by Crippen LogP contribution is 2.58. The van der Waals surface area contributed by atoms with E-state index in [2.05, 4.69) is 0 Å². The van der Waals surface area contributed by atoms with Gasteiger partial charge in [0.15, 0.2) is 0 Å². The number of amides is 1. The van der Waals surface area contributed by atoms with Crippen molar-refractivity contribution in [2.75, 3.05) is 13.1 Å². The van der Waals surface area contributed by atoms with Crippen LogP contribution >= 0.6 is 0 Å². The number of ether oxygens (including phenoxy) is 1. The van der Waals surface area contributed by atoms with Crippen LogP contribution in [0.1, 0.15) is 40.0 Å². The zero-order valence-electron chi connectivity index (χ0n) is 11.2. The van der Waals surface area contributed by atoms with E-state index >= 15 is 0 Å². The van der Waals surface area contributed by atoms with Crippen LogP contribution in [0.5, 0.6) is 0 Å². The molecule has 1 spiro atoms. The predicted octanol–water partition coefficient (Wildman–Crippen LogP) is 2.11. The molecule has 1 N–H and O–H groups in total. The van der Waals surface area contributed by atoms with Gasteiger partial charge in [-0.25, -0.2) is 4.79 Å². The lowest BCUT2D eigenvalue weighted by molar-refractivity contribution is -0.139. The summed E-state index contributed by atoms with van der Waals surface area (Å²) in [6.45, 7) is 6.70. The summed E-state index contributed by atoms with van der Waals surface area (Å²) in [5.41, 5.74) is -0.682. The van der Waals surface area contributed by atoms with E-state index in [9.17, 15) is 9.59 Å². The van der Waals surface area contributed by atoms with Crippen molar-refractivity contribution in [3.05, 3.63) is 0 Å². The minimum absolute atomic E-state index is 0.180. The highest BCUT2D eigenvalue weighted by molar-refractivity contribution is 5.75. The van der Waals surface area contributed by atoms with Gasteiger partial charge in [0.25, 0.3) is 0 Å². The van der Waals surface area contributed by atoms with Crippen molar-refractivity contribution < 1.29 is 19.4 Å².